The molecular weight excluding hydrogens is 290 g/mol. The highest BCUT2D eigenvalue weighted by Crippen LogP contribution is 2.36. The van der Waals surface area contributed by atoms with Gasteiger partial charge in [0.1, 0.15) is 0 Å². The van der Waals surface area contributed by atoms with Crippen LogP contribution in [0.25, 0.3) is 0 Å². The van der Waals surface area contributed by atoms with Crippen LogP contribution < -0.4 is 0 Å². The number of amides is 1. The molecule has 2 rings (SSSR count). The standard InChI is InChI=1S/C16H20ClNO3/c1-3-6-16(15(20)21)7-8-18(10-16)14(19)12-5-4-11(2)9-13(12)17/h4-5,9H,3,6-8,10H2,1-2H3,(H,20,21). The molecule has 0 aliphatic carbocycles. The Bertz CT molecular complexity index is 573. The number of nitrogens with zero attached hydrogens (tertiary/aromatic N) is 1. The van der Waals surface area contributed by atoms with Gasteiger partial charge in [0.05, 0.1) is 16.0 Å². The van der Waals surface area contributed by atoms with Gasteiger partial charge in [0.2, 0.25) is 0 Å². The number of carboxylic acids is 1. The fourth-order valence-electron chi connectivity index (χ4n) is 2.97. The van der Waals surface area contributed by atoms with E-state index in [1.807, 2.05) is 19.9 Å². The Kier molecular flexibility index (Phi) is 4.57. The van der Waals surface area contributed by atoms with Crippen molar-refractivity contribution in [1.82, 2.24) is 4.90 Å². The minimum absolute atomic E-state index is 0.181. The summed E-state index contributed by atoms with van der Waals surface area (Å²) in [5, 5.41) is 9.91. The maximum atomic E-state index is 12.5. The molecule has 0 spiro atoms. The molecular formula is C16H20ClNO3. The van der Waals surface area contributed by atoms with Crippen LogP contribution in [0.1, 0.15) is 42.1 Å². The molecule has 1 fully saturated rings. The highest BCUT2D eigenvalue weighted by atomic mass is 35.5. The van der Waals surface area contributed by atoms with Crippen LogP contribution in [0.3, 0.4) is 0 Å². The molecule has 5 heteroatoms. The van der Waals surface area contributed by atoms with E-state index in [1.54, 1.807) is 17.0 Å². The van der Waals surface area contributed by atoms with Gasteiger partial charge in [0, 0.05) is 13.1 Å². The molecule has 1 saturated heterocycles. The Morgan fingerprint density at radius 1 is 1.43 bits per heavy atom. The zero-order valence-corrected chi connectivity index (χ0v) is 13.1. The first-order valence-corrected chi connectivity index (χ1v) is 7.56. The third kappa shape index (κ3) is 3.05. The van der Waals surface area contributed by atoms with Crippen LogP contribution in [0.4, 0.5) is 0 Å². The number of aliphatic carboxylic acids is 1. The predicted molar refractivity (Wildman–Crippen MR) is 81.7 cm³/mol. The van der Waals surface area contributed by atoms with E-state index in [-0.39, 0.29) is 12.5 Å². The number of rotatable bonds is 4. The summed E-state index contributed by atoms with van der Waals surface area (Å²) in [5.74, 6) is -0.992. The molecule has 0 aromatic heterocycles. The second-order valence-corrected chi connectivity index (χ2v) is 6.20. The molecule has 1 aliphatic heterocycles. The van der Waals surface area contributed by atoms with E-state index in [0.29, 0.717) is 30.0 Å². The molecule has 1 unspecified atom stereocenters. The highest BCUT2D eigenvalue weighted by molar-refractivity contribution is 6.33. The zero-order chi connectivity index (χ0) is 15.6. The van der Waals surface area contributed by atoms with Crippen LogP contribution in [0.15, 0.2) is 18.2 Å². The lowest BCUT2D eigenvalue weighted by Crippen LogP contribution is -2.37. The van der Waals surface area contributed by atoms with Crippen LogP contribution in [0, 0.1) is 12.3 Å². The largest absolute Gasteiger partial charge is 0.481 e. The molecule has 1 aromatic carbocycles. The third-order valence-corrected chi connectivity index (χ3v) is 4.49. The molecule has 1 atom stereocenters. The summed E-state index contributed by atoms with van der Waals surface area (Å²) in [7, 11) is 0. The number of benzene rings is 1. The van der Waals surface area contributed by atoms with E-state index < -0.39 is 11.4 Å². The molecule has 114 valence electrons. The van der Waals surface area contributed by atoms with Crippen molar-refractivity contribution in [2.75, 3.05) is 13.1 Å². The van der Waals surface area contributed by atoms with E-state index in [4.69, 9.17) is 11.6 Å². The topological polar surface area (TPSA) is 57.6 Å². The average Bonchev–Trinajstić information content (AvgIpc) is 2.84. The first-order valence-electron chi connectivity index (χ1n) is 7.18. The van der Waals surface area contributed by atoms with Crippen molar-refractivity contribution in [1.29, 1.82) is 0 Å². The maximum absolute atomic E-state index is 12.5. The number of likely N-dealkylation sites (tertiary alicyclic amines) is 1. The van der Waals surface area contributed by atoms with E-state index in [9.17, 15) is 14.7 Å². The number of carboxylic acid groups (broad SMARTS) is 1. The normalized spacial score (nSPS) is 21.6. The van der Waals surface area contributed by atoms with Crippen molar-refractivity contribution < 1.29 is 14.7 Å². The fraction of sp³-hybridized carbons (Fsp3) is 0.500. The quantitative estimate of drug-likeness (QED) is 0.927. The highest BCUT2D eigenvalue weighted by Gasteiger charge is 2.45. The van der Waals surface area contributed by atoms with Gasteiger partial charge in [-0.2, -0.15) is 0 Å². The third-order valence-electron chi connectivity index (χ3n) is 4.18. The fourth-order valence-corrected chi connectivity index (χ4v) is 3.29. The summed E-state index contributed by atoms with van der Waals surface area (Å²) in [5.41, 5.74) is 0.630. The summed E-state index contributed by atoms with van der Waals surface area (Å²) in [4.78, 5) is 25.7. The van der Waals surface area contributed by atoms with Crippen molar-refractivity contribution in [2.45, 2.75) is 33.1 Å². The molecule has 1 aliphatic rings. The van der Waals surface area contributed by atoms with E-state index in [2.05, 4.69) is 0 Å². The first kappa shape index (κ1) is 15.8. The van der Waals surface area contributed by atoms with Crippen LogP contribution in [0.2, 0.25) is 5.02 Å². The Labute approximate surface area is 129 Å². The maximum Gasteiger partial charge on any atom is 0.311 e. The molecule has 4 nitrogen and oxygen atoms in total. The van der Waals surface area contributed by atoms with Gasteiger partial charge in [0.15, 0.2) is 0 Å². The molecule has 0 saturated carbocycles. The molecule has 1 heterocycles. The number of aryl methyl sites for hydroxylation is 1. The van der Waals surface area contributed by atoms with Crippen LogP contribution in [-0.4, -0.2) is 35.0 Å². The Hall–Kier alpha value is -1.55. The molecule has 1 aromatic rings. The zero-order valence-electron chi connectivity index (χ0n) is 12.4. The minimum atomic E-state index is -0.811. The number of hydrogen-bond donors (Lipinski definition) is 1. The predicted octanol–water partition coefficient (Wildman–Crippen LogP) is 3.37. The van der Waals surface area contributed by atoms with Crippen molar-refractivity contribution in [3.8, 4) is 0 Å². The van der Waals surface area contributed by atoms with Crippen LogP contribution >= 0.6 is 11.6 Å². The lowest BCUT2D eigenvalue weighted by molar-refractivity contribution is -0.148. The van der Waals surface area contributed by atoms with Crippen molar-refractivity contribution in [3.63, 3.8) is 0 Å². The van der Waals surface area contributed by atoms with E-state index >= 15 is 0 Å². The molecule has 1 amide bonds. The van der Waals surface area contributed by atoms with Gasteiger partial charge in [-0.1, -0.05) is 31.0 Å². The number of carbonyl (C=O) groups is 2. The SMILES string of the molecule is CCCC1(C(=O)O)CCN(C(=O)c2ccc(C)cc2Cl)C1. The van der Waals surface area contributed by atoms with Gasteiger partial charge in [-0.3, -0.25) is 9.59 Å². The van der Waals surface area contributed by atoms with E-state index in [0.717, 1.165) is 12.0 Å². The molecule has 0 radical (unpaired) electrons. The van der Waals surface area contributed by atoms with Gasteiger partial charge in [-0.15, -0.1) is 0 Å². The van der Waals surface area contributed by atoms with Crippen molar-refractivity contribution >= 4 is 23.5 Å². The van der Waals surface area contributed by atoms with Gasteiger partial charge in [-0.05, 0) is 37.5 Å². The smallest absolute Gasteiger partial charge is 0.311 e. The molecule has 1 N–H and O–H groups in total. The van der Waals surface area contributed by atoms with Crippen molar-refractivity contribution in [3.05, 3.63) is 34.3 Å². The minimum Gasteiger partial charge on any atom is -0.481 e. The molecule has 0 bridgehead atoms. The average molecular weight is 310 g/mol. The van der Waals surface area contributed by atoms with Gasteiger partial charge in [0.25, 0.3) is 5.91 Å². The van der Waals surface area contributed by atoms with Gasteiger partial charge >= 0.3 is 5.97 Å². The summed E-state index contributed by atoms with van der Waals surface area (Å²) in [6.07, 6.45) is 1.89. The number of halogens is 1. The summed E-state index contributed by atoms with van der Waals surface area (Å²) in [6, 6.07) is 5.30. The Morgan fingerprint density at radius 2 is 2.14 bits per heavy atom. The first-order chi connectivity index (χ1) is 9.89. The van der Waals surface area contributed by atoms with E-state index in [1.165, 1.54) is 0 Å². The van der Waals surface area contributed by atoms with Crippen molar-refractivity contribution in [2.24, 2.45) is 5.41 Å². The number of carbonyl (C=O) groups excluding carboxylic acids is 1. The molecule has 21 heavy (non-hydrogen) atoms. The van der Waals surface area contributed by atoms with Gasteiger partial charge < -0.3 is 10.0 Å². The Balaban J connectivity index is 2.20. The van der Waals surface area contributed by atoms with Gasteiger partial charge in [-0.25, -0.2) is 0 Å². The second kappa shape index (κ2) is 6.06. The summed E-state index contributed by atoms with van der Waals surface area (Å²) in [6.45, 7) is 4.60. The van der Waals surface area contributed by atoms with Crippen LogP contribution in [-0.2, 0) is 4.79 Å². The lowest BCUT2D eigenvalue weighted by Gasteiger charge is -2.24. The summed E-state index contributed by atoms with van der Waals surface area (Å²) < 4.78 is 0. The number of hydrogen-bond acceptors (Lipinski definition) is 2. The van der Waals surface area contributed by atoms with Crippen LogP contribution in [0.5, 0.6) is 0 Å². The Morgan fingerprint density at radius 3 is 2.71 bits per heavy atom. The monoisotopic (exact) mass is 309 g/mol. The summed E-state index contributed by atoms with van der Waals surface area (Å²) >= 11 is 6.13. The second-order valence-electron chi connectivity index (χ2n) is 5.80. The lowest BCUT2D eigenvalue weighted by atomic mass is 9.83.